The van der Waals surface area contributed by atoms with Gasteiger partial charge in [0.25, 0.3) is 5.91 Å². The first-order chi connectivity index (χ1) is 11.0. The Hall–Kier alpha value is -3.02. The Balaban J connectivity index is 2.11. The van der Waals surface area contributed by atoms with Crippen molar-refractivity contribution in [2.45, 2.75) is 6.42 Å². The topological polar surface area (TPSA) is 90.6 Å². The Morgan fingerprint density at radius 1 is 1.00 bits per heavy atom. The van der Waals surface area contributed by atoms with E-state index in [1.807, 2.05) is 0 Å². The maximum absolute atomic E-state index is 12.3. The maximum atomic E-state index is 12.3. The molecule has 0 atom stereocenters. The summed E-state index contributed by atoms with van der Waals surface area (Å²) in [4.78, 5) is 23.1. The van der Waals surface area contributed by atoms with Crippen molar-refractivity contribution < 1.29 is 19.1 Å². The van der Waals surface area contributed by atoms with Crippen molar-refractivity contribution in [2.24, 2.45) is 5.73 Å². The minimum absolute atomic E-state index is 0.171. The number of methoxy groups -OCH3 is 2. The van der Waals surface area contributed by atoms with Crippen LogP contribution in [0.15, 0.2) is 42.5 Å². The Kier molecular flexibility index (Phi) is 5.19. The highest BCUT2D eigenvalue weighted by molar-refractivity contribution is 6.04. The van der Waals surface area contributed by atoms with Crippen molar-refractivity contribution in [1.82, 2.24) is 0 Å². The second-order valence-corrected chi connectivity index (χ2v) is 4.86. The zero-order valence-electron chi connectivity index (χ0n) is 13.0. The van der Waals surface area contributed by atoms with Gasteiger partial charge in [0.1, 0.15) is 0 Å². The molecule has 3 N–H and O–H groups in total. The Bertz CT molecular complexity index is 711. The molecule has 6 nitrogen and oxygen atoms in total. The summed E-state index contributed by atoms with van der Waals surface area (Å²) in [6.45, 7) is 0. The van der Waals surface area contributed by atoms with E-state index in [0.29, 0.717) is 22.7 Å². The molecule has 0 fully saturated rings. The fourth-order valence-corrected chi connectivity index (χ4v) is 2.09. The lowest BCUT2D eigenvalue weighted by Gasteiger charge is -2.10. The Morgan fingerprint density at radius 2 is 1.65 bits per heavy atom. The van der Waals surface area contributed by atoms with Crippen LogP contribution < -0.4 is 20.5 Å². The van der Waals surface area contributed by atoms with E-state index in [0.717, 1.165) is 5.56 Å². The van der Waals surface area contributed by atoms with E-state index in [1.54, 1.807) is 42.5 Å². The van der Waals surface area contributed by atoms with Crippen LogP contribution in [0.25, 0.3) is 0 Å². The average molecular weight is 314 g/mol. The van der Waals surface area contributed by atoms with Gasteiger partial charge < -0.3 is 20.5 Å². The molecular formula is C17H18N2O4. The van der Waals surface area contributed by atoms with Gasteiger partial charge in [-0.25, -0.2) is 0 Å². The molecule has 120 valence electrons. The molecule has 2 aromatic rings. The van der Waals surface area contributed by atoms with Gasteiger partial charge in [0.2, 0.25) is 5.91 Å². The molecule has 6 heteroatoms. The van der Waals surface area contributed by atoms with E-state index in [2.05, 4.69) is 5.32 Å². The highest BCUT2D eigenvalue weighted by atomic mass is 16.5. The van der Waals surface area contributed by atoms with Crippen molar-refractivity contribution in [2.75, 3.05) is 19.5 Å². The second-order valence-electron chi connectivity index (χ2n) is 4.86. The monoisotopic (exact) mass is 314 g/mol. The number of amides is 2. The van der Waals surface area contributed by atoms with Crippen LogP contribution in [-0.4, -0.2) is 26.0 Å². The predicted molar refractivity (Wildman–Crippen MR) is 86.8 cm³/mol. The van der Waals surface area contributed by atoms with Crippen molar-refractivity contribution in [3.05, 3.63) is 53.6 Å². The van der Waals surface area contributed by atoms with Gasteiger partial charge in [-0.1, -0.05) is 12.1 Å². The smallest absolute Gasteiger partial charge is 0.255 e. The van der Waals surface area contributed by atoms with Gasteiger partial charge in [-0.05, 0) is 35.9 Å². The molecule has 0 aliphatic heterocycles. The third-order valence-electron chi connectivity index (χ3n) is 3.24. The molecule has 0 aliphatic carbocycles. The molecule has 0 spiro atoms. The molecule has 0 radical (unpaired) electrons. The van der Waals surface area contributed by atoms with Gasteiger partial charge >= 0.3 is 0 Å². The van der Waals surface area contributed by atoms with Gasteiger partial charge in [-0.15, -0.1) is 0 Å². The number of anilines is 1. The number of ether oxygens (including phenoxy) is 2. The van der Waals surface area contributed by atoms with Crippen LogP contribution in [0, 0.1) is 0 Å². The SMILES string of the molecule is COc1ccc(C(=O)Nc2ccc(CC(N)=O)cc2)cc1OC. The van der Waals surface area contributed by atoms with E-state index >= 15 is 0 Å². The molecule has 23 heavy (non-hydrogen) atoms. The second kappa shape index (κ2) is 7.31. The van der Waals surface area contributed by atoms with Crippen LogP contribution in [0.3, 0.4) is 0 Å². The van der Waals surface area contributed by atoms with Gasteiger partial charge in [-0.3, -0.25) is 9.59 Å². The standard InChI is InChI=1S/C17H18N2O4/c1-22-14-8-5-12(10-15(14)23-2)17(21)19-13-6-3-11(4-7-13)9-16(18)20/h3-8,10H,9H2,1-2H3,(H2,18,20)(H,19,21). The van der Waals surface area contributed by atoms with Crippen LogP contribution >= 0.6 is 0 Å². The summed E-state index contributed by atoms with van der Waals surface area (Å²) in [6.07, 6.45) is 0.171. The maximum Gasteiger partial charge on any atom is 0.255 e. The molecule has 2 aromatic carbocycles. The zero-order chi connectivity index (χ0) is 16.8. The number of carbonyl (C=O) groups excluding carboxylic acids is 2. The number of nitrogens with one attached hydrogen (secondary N) is 1. The van der Waals surface area contributed by atoms with E-state index in [1.165, 1.54) is 14.2 Å². The summed E-state index contributed by atoms with van der Waals surface area (Å²) in [5, 5.41) is 2.78. The lowest BCUT2D eigenvalue weighted by atomic mass is 10.1. The quantitative estimate of drug-likeness (QED) is 0.853. The largest absolute Gasteiger partial charge is 0.493 e. The van der Waals surface area contributed by atoms with E-state index in [-0.39, 0.29) is 12.3 Å². The molecule has 0 unspecified atom stereocenters. The van der Waals surface area contributed by atoms with E-state index in [4.69, 9.17) is 15.2 Å². The highest BCUT2D eigenvalue weighted by Crippen LogP contribution is 2.27. The summed E-state index contributed by atoms with van der Waals surface area (Å²) in [6, 6.07) is 11.9. The number of hydrogen-bond acceptors (Lipinski definition) is 4. The number of carbonyl (C=O) groups is 2. The highest BCUT2D eigenvalue weighted by Gasteiger charge is 2.11. The van der Waals surface area contributed by atoms with Crippen molar-refractivity contribution in [1.29, 1.82) is 0 Å². The van der Waals surface area contributed by atoms with E-state index < -0.39 is 5.91 Å². The Morgan fingerprint density at radius 3 is 2.22 bits per heavy atom. The number of hydrogen-bond donors (Lipinski definition) is 2. The van der Waals surface area contributed by atoms with Gasteiger partial charge in [0.05, 0.1) is 20.6 Å². The van der Waals surface area contributed by atoms with Crippen LogP contribution in [0.4, 0.5) is 5.69 Å². The summed E-state index contributed by atoms with van der Waals surface area (Å²) >= 11 is 0. The van der Waals surface area contributed by atoms with Crippen molar-refractivity contribution in [3.8, 4) is 11.5 Å². The summed E-state index contributed by atoms with van der Waals surface area (Å²) in [5.41, 5.74) is 7.00. The number of primary amides is 1. The molecule has 0 aromatic heterocycles. The van der Waals surface area contributed by atoms with Crippen LogP contribution in [-0.2, 0) is 11.2 Å². The van der Waals surface area contributed by atoms with Crippen LogP contribution in [0.1, 0.15) is 15.9 Å². The normalized spacial score (nSPS) is 10.0. The molecule has 0 heterocycles. The number of benzene rings is 2. The zero-order valence-corrected chi connectivity index (χ0v) is 13.0. The fraction of sp³-hybridized carbons (Fsp3) is 0.176. The van der Waals surface area contributed by atoms with Gasteiger partial charge in [0, 0.05) is 11.3 Å². The molecule has 0 bridgehead atoms. The lowest BCUT2D eigenvalue weighted by molar-refractivity contribution is -0.117. The van der Waals surface area contributed by atoms with Crippen molar-refractivity contribution in [3.63, 3.8) is 0 Å². The van der Waals surface area contributed by atoms with E-state index in [9.17, 15) is 9.59 Å². The Labute approximate surface area is 134 Å². The molecule has 2 amide bonds. The van der Waals surface area contributed by atoms with Crippen LogP contribution in [0.2, 0.25) is 0 Å². The number of rotatable bonds is 6. The first-order valence-corrected chi connectivity index (χ1v) is 6.94. The third-order valence-corrected chi connectivity index (χ3v) is 3.24. The summed E-state index contributed by atoms with van der Waals surface area (Å²) < 4.78 is 10.3. The lowest BCUT2D eigenvalue weighted by Crippen LogP contribution is -2.14. The van der Waals surface area contributed by atoms with Crippen molar-refractivity contribution >= 4 is 17.5 Å². The minimum atomic E-state index is -0.396. The average Bonchev–Trinajstić information content (AvgIpc) is 2.55. The molecular weight excluding hydrogens is 296 g/mol. The van der Waals surface area contributed by atoms with Crippen LogP contribution in [0.5, 0.6) is 11.5 Å². The van der Waals surface area contributed by atoms with Gasteiger partial charge in [-0.2, -0.15) is 0 Å². The molecule has 0 saturated carbocycles. The molecule has 0 saturated heterocycles. The predicted octanol–water partition coefficient (Wildman–Crippen LogP) is 1.98. The third kappa shape index (κ3) is 4.23. The minimum Gasteiger partial charge on any atom is -0.493 e. The molecule has 2 rings (SSSR count). The molecule has 0 aliphatic rings. The summed E-state index contributed by atoms with van der Waals surface area (Å²) in [5.74, 6) is 0.373. The first-order valence-electron chi connectivity index (χ1n) is 6.94. The first kappa shape index (κ1) is 16.4. The fourth-order valence-electron chi connectivity index (χ4n) is 2.09. The van der Waals surface area contributed by atoms with Gasteiger partial charge in [0.15, 0.2) is 11.5 Å². The number of nitrogens with two attached hydrogens (primary N) is 1. The summed E-state index contributed by atoms with van der Waals surface area (Å²) in [7, 11) is 3.04.